The highest BCUT2D eigenvalue weighted by Gasteiger charge is 2.06. The SMILES string of the molecule is COc1nc(Cl)nc2cccnc12. The standard InChI is InChI=1S/C8H6ClN3O/c1-13-7-6-5(3-2-4-10-6)11-8(9)12-7/h2-4H,1H3. The molecule has 0 radical (unpaired) electrons. The highest BCUT2D eigenvalue weighted by molar-refractivity contribution is 6.28. The van der Waals surface area contributed by atoms with Crippen LogP contribution < -0.4 is 4.74 Å². The number of halogens is 1. The van der Waals surface area contributed by atoms with Crippen molar-refractivity contribution >= 4 is 22.6 Å². The van der Waals surface area contributed by atoms with Crippen molar-refractivity contribution < 1.29 is 4.74 Å². The summed E-state index contributed by atoms with van der Waals surface area (Å²) in [5.74, 6) is 0.399. The molecule has 66 valence electrons. The third-order valence-corrected chi connectivity index (χ3v) is 1.76. The van der Waals surface area contributed by atoms with Gasteiger partial charge in [-0.2, -0.15) is 4.98 Å². The monoisotopic (exact) mass is 195 g/mol. The molecule has 0 aliphatic rings. The van der Waals surface area contributed by atoms with E-state index in [2.05, 4.69) is 15.0 Å². The number of fused-ring (bicyclic) bond motifs is 1. The van der Waals surface area contributed by atoms with Gasteiger partial charge in [0.2, 0.25) is 11.2 Å². The van der Waals surface area contributed by atoms with Gasteiger partial charge < -0.3 is 4.74 Å². The fourth-order valence-corrected chi connectivity index (χ4v) is 1.22. The third kappa shape index (κ3) is 1.40. The van der Waals surface area contributed by atoms with Crippen LogP contribution in [0, 0.1) is 0 Å². The molecule has 0 aromatic carbocycles. The van der Waals surface area contributed by atoms with E-state index in [0.717, 1.165) is 0 Å². The van der Waals surface area contributed by atoms with E-state index in [1.54, 1.807) is 18.3 Å². The Morgan fingerprint density at radius 2 is 2.23 bits per heavy atom. The number of pyridine rings is 1. The lowest BCUT2D eigenvalue weighted by molar-refractivity contribution is 0.401. The lowest BCUT2D eigenvalue weighted by Gasteiger charge is -2.01. The number of hydrogen-bond acceptors (Lipinski definition) is 4. The summed E-state index contributed by atoms with van der Waals surface area (Å²) in [6.07, 6.45) is 1.65. The molecule has 5 heteroatoms. The molecule has 2 aromatic rings. The Balaban J connectivity index is 2.81. The van der Waals surface area contributed by atoms with Crippen LogP contribution in [-0.4, -0.2) is 22.1 Å². The highest BCUT2D eigenvalue weighted by Crippen LogP contribution is 2.20. The van der Waals surface area contributed by atoms with E-state index in [-0.39, 0.29) is 5.28 Å². The molecule has 0 atom stereocenters. The van der Waals surface area contributed by atoms with Crippen LogP contribution >= 0.6 is 11.6 Å². The summed E-state index contributed by atoms with van der Waals surface area (Å²) in [5.41, 5.74) is 1.30. The first-order valence-corrected chi connectivity index (χ1v) is 4.01. The predicted molar refractivity (Wildman–Crippen MR) is 48.9 cm³/mol. The molecule has 0 unspecified atom stereocenters. The average Bonchev–Trinajstić information content (AvgIpc) is 2.16. The molecule has 0 saturated heterocycles. The van der Waals surface area contributed by atoms with Crippen LogP contribution in [-0.2, 0) is 0 Å². The van der Waals surface area contributed by atoms with Crippen molar-refractivity contribution in [2.24, 2.45) is 0 Å². The highest BCUT2D eigenvalue weighted by atomic mass is 35.5. The van der Waals surface area contributed by atoms with Gasteiger partial charge in [-0.25, -0.2) is 9.97 Å². The first kappa shape index (κ1) is 8.19. The summed E-state index contributed by atoms with van der Waals surface area (Å²) < 4.78 is 5.01. The zero-order valence-electron chi connectivity index (χ0n) is 6.86. The molecule has 0 aliphatic heterocycles. The van der Waals surface area contributed by atoms with E-state index >= 15 is 0 Å². The summed E-state index contributed by atoms with van der Waals surface area (Å²) in [4.78, 5) is 12.0. The van der Waals surface area contributed by atoms with Crippen molar-refractivity contribution in [1.29, 1.82) is 0 Å². The van der Waals surface area contributed by atoms with Crippen LogP contribution in [0.5, 0.6) is 5.88 Å². The van der Waals surface area contributed by atoms with Crippen LogP contribution in [0.25, 0.3) is 11.0 Å². The van der Waals surface area contributed by atoms with Crippen molar-refractivity contribution in [1.82, 2.24) is 15.0 Å². The van der Waals surface area contributed by atoms with Gasteiger partial charge in [0.05, 0.1) is 12.6 Å². The fraction of sp³-hybridized carbons (Fsp3) is 0.125. The Morgan fingerprint density at radius 3 is 3.00 bits per heavy atom. The number of aromatic nitrogens is 3. The van der Waals surface area contributed by atoms with Crippen molar-refractivity contribution in [3.8, 4) is 5.88 Å². The minimum Gasteiger partial charge on any atom is -0.479 e. The molecule has 2 rings (SSSR count). The number of rotatable bonds is 1. The van der Waals surface area contributed by atoms with Crippen molar-refractivity contribution in [2.45, 2.75) is 0 Å². The van der Waals surface area contributed by atoms with Gasteiger partial charge in [-0.1, -0.05) is 0 Å². The minimum absolute atomic E-state index is 0.164. The maximum Gasteiger partial charge on any atom is 0.244 e. The first-order valence-electron chi connectivity index (χ1n) is 3.63. The van der Waals surface area contributed by atoms with E-state index in [9.17, 15) is 0 Å². The van der Waals surface area contributed by atoms with Gasteiger partial charge in [-0.05, 0) is 23.7 Å². The van der Waals surface area contributed by atoms with Gasteiger partial charge >= 0.3 is 0 Å². The largest absolute Gasteiger partial charge is 0.479 e. The van der Waals surface area contributed by atoms with Crippen LogP contribution in [0.4, 0.5) is 0 Å². The van der Waals surface area contributed by atoms with Gasteiger partial charge in [0.1, 0.15) is 0 Å². The molecular weight excluding hydrogens is 190 g/mol. The van der Waals surface area contributed by atoms with Crippen LogP contribution in [0.15, 0.2) is 18.3 Å². The molecule has 0 fully saturated rings. The van der Waals surface area contributed by atoms with Gasteiger partial charge in [-0.15, -0.1) is 0 Å². The summed E-state index contributed by atoms with van der Waals surface area (Å²) in [6.45, 7) is 0. The van der Waals surface area contributed by atoms with E-state index in [4.69, 9.17) is 16.3 Å². The smallest absolute Gasteiger partial charge is 0.244 e. The second-order valence-electron chi connectivity index (χ2n) is 2.37. The Kier molecular flexibility index (Phi) is 1.98. The molecule has 0 N–H and O–H groups in total. The second kappa shape index (κ2) is 3.14. The van der Waals surface area contributed by atoms with Crippen LogP contribution in [0.3, 0.4) is 0 Å². The normalized spacial score (nSPS) is 10.3. The number of nitrogens with zero attached hydrogens (tertiary/aromatic N) is 3. The van der Waals surface area contributed by atoms with E-state index < -0.39 is 0 Å². The minimum atomic E-state index is 0.164. The predicted octanol–water partition coefficient (Wildman–Crippen LogP) is 1.69. The molecule has 4 nitrogen and oxygen atoms in total. The van der Waals surface area contributed by atoms with Crippen LogP contribution in [0.2, 0.25) is 5.28 Å². The topological polar surface area (TPSA) is 47.9 Å². The average molecular weight is 196 g/mol. The second-order valence-corrected chi connectivity index (χ2v) is 2.71. The zero-order chi connectivity index (χ0) is 9.26. The summed E-state index contributed by atoms with van der Waals surface area (Å²) in [7, 11) is 1.52. The molecule has 0 amide bonds. The Hall–Kier alpha value is -1.42. The Bertz CT molecular complexity index is 446. The van der Waals surface area contributed by atoms with Crippen molar-refractivity contribution in [3.63, 3.8) is 0 Å². The maximum absolute atomic E-state index is 5.67. The third-order valence-electron chi connectivity index (χ3n) is 1.59. The Morgan fingerprint density at radius 1 is 1.38 bits per heavy atom. The van der Waals surface area contributed by atoms with Gasteiger partial charge in [0.15, 0.2) is 5.52 Å². The fourth-order valence-electron chi connectivity index (χ4n) is 1.06. The summed E-state index contributed by atoms with van der Waals surface area (Å²) in [5, 5.41) is 0.164. The number of hydrogen-bond donors (Lipinski definition) is 0. The molecule has 13 heavy (non-hydrogen) atoms. The first-order chi connectivity index (χ1) is 6.31. The Labute approximate surface area is 79.6 Å². The quantitative estimate of drug-likeness (QED) is 0.650. The molecular formula is C8H6ClN3O. The van der Waals surface area contributed by atoms with Gasteiger partial charge in [-0.3, -0.25) is 0 Å². The molecule has 0 spiro atoms. The lowest BCUT2D eigenvalue weighted by atomic mass is 10.3. The van der Waals surface area contributed by atoms with E-state index in [1.807, 2.05) is 0 Å². The van der Waals surface area contributed by atoms with Crippen molar-refractivity contribution in [3.05, 3.63) is 23.6 Å². The summed E-state index contributed by atoms with van der Waals surface area (Å²) in [6, 6.07) is 3.59. The van der Waals surface area contributed by atoms with Gasteiger partial charge in [0, 0.05) is 6.20 Å². The summed E-state index contributed by atoms with van der Waals surface area (Å²) >= 11 is 5.67. The van der Waals surface area contributed by atoms with E-state index in [1.165, 1.54) is 7.11 Å². The van der Waals surface area contributed by atoms with Crippen molar-refractivity contribution in [2.75, 3.05) is 7.11 Å². The molecule has 0 bridgehead atoms. The number of methoxy groups -OCH3 is 1. The molecule has 2 aromatic heterocycles. The zero-order valence-corrected chi connectivity index (χ0v) is 7.62. The molecule has 0 saturated carbocycles. The maximum atomic E-state index is 5.67. The lowest BCUT2D eigenvalue weighted by Crippen LogP contribution is -1.94. The molecule has 2 heterocycles. The number of ether oxygens (including phenoxy) is 1. The van der Waals surface area contributed by atoms with Crippen LogP contribution in [0.1, 0.15) is 0 Å². The van der Waals surface area contributed by atoms with E-state index in [0.29, 0.717) is 16.9 Å². The molecule has 0 aliphatic carbocycles. The van der Waals surface area contributed by atoms with Gasteiger partial charge in [0.25, 0.3) is 0 Å².